The van der Waals surface area contributed by atoms with Gasteiger partial charge in [0.1, 0.15) is 11.6 Å². The smallest absolute Gasteiger partial charge is 0.216 e. The summed E-state index contributed by atoms with van der Waals surface area (Å²) >= 11 is 1.68. The van der Waals surface area contributed by atoms with Gasteiger partial charge in [0, 0.05) is 33.9 Å². The van der Waals surface area contributed by atoms with E-state index in [0.29, 0.717) is 5.57 Å². The van der Waals surface area contributed by atoms with Crippen molar-refractivity contribution in [3.63, 3.8) is 0 Å². The second kappa shape index (κ2) is 5.68. The van der Waals surface area contributed by atoms with Crippen molar-refractivity contribution in [1.82, 2.24) is 25.6 Å². The van der Waals surface area contributed by atoms with Crippen molar-refractivity contribution in [2.45, 2.75) is 4.90 Å². The lowest BCUT2D eigenvalue weighted by Crippen LogP contribution is -1.92. The minimum atomic E-state index is 0.262. The molecule has 0 unspecified atom stereocenters. The monoisotopic (exact) mass is 297 g/mol. The average Bonchev–Trinajstić information content (AvgIpc) is 3.16. The van der Waals surface area contributed by atoms with E-state index in [1.165, 1.54) is 4.90 Å². The van der Waals surface area contributed by atoms with Gasteiger partial charge < -0.3 is 10.3 Å². The summed E-state index contributed by atoms with van der Waals surface area (Å²) in [6.45, 7) is 0. The first kappa shape index (κ1) is 13.2. The SMILES string of the molecule is CSc1c[nH]c2ccc(NC=C(C#N)c3nn[nH]n3)cc12. The Labute approximate surface area is 124 Å². The Hall–Kier alpha value is -2.79. The molecule has 0 saturated heterocycles. The number of aromatic nitrogens is 5. The molecule has 0 radical (unpaired) electrons. The third kappa shape index (κ3) is 2.59. The first-order valence-electron chi connectivity index (χ1n) is 6.07. The number of H-pyrrole nitrogens is 2. The number of tetrazole rings is 1. The Morgan fingerprint density at radius 2 is 2.38 bits per heavy atom. The first-order chi connectivity index (χ1) is 10.3. The van der Waals surface area contributed by atoms with Gasteiger partial charge in [0.25, 0.3) is 0 Å². The second-order valence-corrected chi connectivity index (χ2v) is 5.02. The third-order valence-electron chi connectivity index (χ3n) is 2.95. The number of aromatic amines is 2. The molecule has 0 aliphatic heterocycles. The van der Waals surface area contributed by atoms with Crippen molar-refractivity contribution >= 4 is 33.9 Å². The quantitative estimate of drug-likeness (QED) is 0.504. The van der Waals surface area contributed by atoms with E-state index < -0.39 is 0 Å². The number of hydrogen-bond donors (Lipinski definition) is 3. The average molecular weight is 297 g/mol. The van der Waals surface area contributed by atoms with Crippen molar-refractivity contribution < 1.29 is 0 Å². The largest absolute Gasteiger partial charge is 0.360 e. The number of rotatable bonds is 4. The Balaban J connectivity index is 1.89. The zero-order chi connectivity index (χ0) is 14.7. The molecule has 0 saturated carbocycles. The van der Waals surface area contributed by atoms with Crippen molar-refractivity contribution in [2.24, 2.45) is 0 Å². The molecule has 0 bridgehead atoms. The molecule has 0 spiro atoms. The first-order valence-corrected chi connectivity index (χ1v) is 7.30. The van der Waals surface area contributed by atoms with Gasteiger partial charge in [0.2, 0.25) is 5.82 Å². The van der Waals surface area contributed by atoms with Crippen LogP contribution in [0.2, 0.25) is 0 Å². The van der Waals surface area contributed by atoms with E-state index in [1.807, 2.05) is 36.7 Å². The standard InChI is InChI=1S/C13H11N7S/c1-21-12-7-16-11-3-2-9(4-10(11)12)15-6-8(5-14)13-17-19-20-18-13/h2-4,6-7,15-16H,1H3,(H,17,18,19,20). The van der Waals surface area contributed by atoms with Crippen molar-refractivity contribution in [3.8, 4) is 6.07 Å². The van der Waals surface area contributed by atoms with Gasteiger partial charge in [-0.1, -0.05) is 0 Å². The summed E-state index contributed by atoms with van der Waals surface area (Å²) in [4.78, 5) is 4.39. The predicted octanol–water partition coefficient (Wildman–Crippen LogP) is 2.38. The minimum Gasteiger partial charge on any atom is -0.360 e. The molecule has 0 amide bonds. The summed E-state index contributed by atoms with van der Waals surface area (Å²) in [5, 5.41) is 26.7. The molecule has 3 N–H and O–H groups in total. The summed E-state index contributed by atoms with van der Waals surface area (Å²) in [6.07, 6.45) is 5.58. The normalized spacial score (nSPS) is 11.5. The van der Waals surface area contributed by atoms with E-state index in [-0.39, 0.29) is 5.82 Å². The van der Waals surface area contributed by atoms with Crippen LogP contribution in [0.1, 0.15) is 5.82 Å². The number of nitrogens with zero attached hydrogens (tertiary/aromatic N) is 4. The van der Waals surface area contributed by atoms with E-state index in [9.17, 15) is 0 Å². The summed E-state index contributed by atoms with van der Waals surface area (Å²) in [6, 6.07) is 7.99. The topological polar surface area (TPSA) is 106 Å². The Morgan fingerprint density at radius 1 is 1.48 bits per heavy atom. The van der Waals surface area contributed by atoms with Gasteiger partial charge in [0.05, 0.1) is 0 Å². The molecule has 2 heterocycles. The highest BCUT2D eigenvalue weighted by Gasteiger charge is 2.06. The molecule has 0 aliphatic rings. The number of hydrogen-bond acceptors (Lipinski definition) is 6. The van der Waals surface area contributed by atoms with Gasteiger partial charge in [-0.05, 0) is 29.7 Å². The molecule has 8 heteroatoms. The highest BCUT2D eigenvalue weighted by atomic mass is 32.2. The van der Waals surface area contributed by atoms with E-state index in [1.54, 1.807) is 18.0 Å². The molecule has 0 fully saturated rings. The molecule has 7 nitrogen and oxygen atoms in total. The fourth-order valence-corrected chi connectivity index (χ4v) is 2.50. The molecule has 0 aliphatic carbocycles. The van der Waals surface area contributed by atoms with Crippen molar-refractivity contribution in [2.75, 3.05) is 11.6 Å². The molecular formula is C13H11N7S. The fourth-order valence-electron chi connectivity index (χ4n) is 1.93. The van der Waals surface area contributed by atoms with Crippen LogP contribution in [0.15, 0.2) is 35.5 Å². The van der Waals surface area contributed by atoms with Crippen LogP contribution in [0.5, 0.6) is 0 Å². The lowest BCUT2D eigenvalue weighted by atomic mass is 10.2. The zero-order valence-corrected chi connectivity index (χ0v) is 11.9. The highest BCUT2D eigenvalue weighted by molar-refractivity contribution is 7.98. The Bertz CT molecular complexity index is 826. The van der Waals surface area contributed by atoms with Crippen molar-refractivity contribution in [1.29, 1.82) is 5.26 Å². The number of thioether (sulfide) groups is 1. The molecule has 3 rings (SSSR count). The van der Waals surface area contributed by atoms with E-state index in [4.69, 9.17) is 5.26 Å². The van der Waals surface area contributed by atoms with Gasteiger partial charge in [-0.2, -0.15) is 10.5 Å². The Kier molecular flexibility index (Phi) is 3.57. The maximum absolute atomic E-state index is 9.11. The number of anilines is 1. The number of allylic oxidation sites excluding steroid dienone is 1. The van der Waals surface area contributed by atoms with Gasteiger partial charge in [-0.15, -0.1) is 22.0 Å². The maximum atomic E-state index is 9.11. The van der Waals surface area contributed by atoms with E-state index in [2.05, 4.69) is 30.9 Å². The lowest BCUT2D eigenvalue weighted by Gasteiger charge is -2.02. The van der Waals surface area contributed by atoms with Crippen LogP contribution in [0, 0.1) is 11.3 Å². The maximum Gasteiger partial charge on any atom is 0.216 e. The lowest BCUT2D eigenvalue weighted by molar-refractivity contribution is 0.881. The molecule has 3 aromatic rings. The van der Waals surface area contributed by atoms with E-state index in [0.717, 1.165) is 16.6 Å². The summed E-state index contributed by atoms with van der Waals surface area (Å²) < 4.78 is 0. The van der Waals surface area contributed by atoms with Gasteiger partial charge in [0.15, 0.2) is 0 Å². The second-order valence-electron chi connectivity index (χ2n) is 4.17. The Morgan fingerprint density at radius 3 is 3.10 bits per heavy atom. The summed E-state index contributed by atoms with van der Waals surface area (Å²) in [5.74, 6) is 0.262. The van der Waals surface area contributed by atoms with Crippen LogP contribution < -0.4 is 5.32 Å². The molecule has 1 aromatic carbocycles. The van der Waals surface area contributed by atoms with Crippen LogP contribution in [0.25, 0.3) is 16.5 Å². The van der Waals surface area contributed by atoms with Gasteiger partial charge >= 0.3 is 0 Å². The highest BCUT2D eigenvalue weighted by Crippen LogP contribution is 2.28. The van der Waals surface area contributed by atoms with Gasteiger partial charge in [-0.25, -0.2) is 0 Å². The number of fused-ring (bicyclic) bond motifs is 1. The zero-order valence-electron chi connectivity index (χ0n) is 11.1. The number of nitriles is 1. The van der Waals surface area contributed by atoms with Crippen molar-refractivity contribution in [3.05, 3.63) is 36.4 Å². The van der Waals surface area contributed by atoms with E-state index >= 15 is 0 Å². The van der Waals surface area contributed by atoms with Gasteiger partial charge in [-0.3, -0.25) is 0 Å². The minimum absolute atomic E-state index is 0.262. The third-order valence-corrected chi connectivity index (χ3v) is 3.73. The summed E-state index contributed by atoms with van der Waals surface area (Å²) in [7, 11) is 0. The summed E-state index contributed by atoms with van der Waals surface area (Å²) in [5.41, 5.74) is 2.27. The molecule has 104 valence electrons. The van der Waals surface area contributed by atoms with Crippen LogP contribution in [-0.4, -0.2) is 31.9 Å². The molecule has 0 atom stereocenters. The predicted molar refractivity (Wildman–Crippen MR) is 81.5 cm³/mol. The van der Waals surface area contributed by atoms with Crippen LogP contribution in [0.3, 0.4) is 0 Å². The fraction of sp³-hybridized carbons (Fsp3) is 0.0769. The number of nitrogens with one attached hydrogen (secondary N) is 3. The molecular weight excluding hydrogens is 286 g/mol. The molecule has 21 heavy (non-hydrogen) atoms. The van der Waals surface area contributed by atoms with Crippen LogP contribution in [0.4, 0.5) is 5.69 Å². The number of benzene rings is 1. The molecule has 2 aromatic heterocycles. The van der Waals surface area contributed by atoms with Crippen LogP contribution in [-0.2, 0) is 0 Å². The van der Waals surface area contributed by atoms with Crippen LogP contribution >= 0.6 is 11.8 Å².